The number of rotatable bonds is 6. The number of carbonyl (C=O) groups excluding carboxylic acids is 1. The Morgan fingerprint density at radius 3 is 2.84 bits per heavy atom. The maximum atomic E-state index is 13.6. The van der Waals surface area contributed by atoms with Crippen LogP contribution in [0.2, 0.25) is 0 Å². The van der Waals surface area contributed by atoms with Crippen molar-refractivity contribution < 1.29 is 34.0 Å². The van der Waals surface area contributed by atoms with Crippen LogP contribution in [-0.2, 0) is 45.2 Å². The van der Waals surface area contributed by atoms with Gasteiger partial charge in [0, 0.05) is 16.5 Å². The van der Waals surface area contributed by atoms with Crippen LogP contribution in [0.5, 0.6) is 5.75 Å². The number of benzene rings is 1. The van der Waals surface area contributed by atoms with Gasteiger partial charge in [0.25, 0.3) is 5.56 Å². The molecule has 0 bridgehead atoms. The molecule has 7 rings (SSSR count). The Balaban J connectivity index is 1.38. The van der Waals surface area contributed by atoms with Crippen LogP contribution in [0.4, 0.5) is 0 Å². The topological polar surface area (TPSA) is 168 Å². The Bertz CT molecular complexity index is 1860. The highest BCUT2D eigenvalue weighted by molar-refractivity contribution is 5.89. The molecule has 2 N–H and O–H groups in total. The van der Waals surface area contributed by atoms with Gasteiger partial charge in [-0.05, 0) is 49.1 Å². The highest BCUT2D eigenvalue weighted by Gasteiger charge is 2.35. The van der Waals surface area contributed by atoms with E-state index in [-0.39, 0.29) is 29.8 Å². The van der Waals surface area contributed by atoms with E-state index in [2.05, 4.69) is 10.3 Å². The van der Waals surface area contributed by atoms with Gasteiger partial charge in [0.2, 0.25) is 0 Å². The second-order valence-corrected chi connectivity index (χ2v) is 11.0. The lowest BCUT2D eigenvalue weighted by molar-refractivity contribution is -0.157. The molecule has 1 aliphatic carbocycles. The second-order valence-electron chi connectivity index (χ2n) is 11.0. The van der Waals surface area contributed by atoms with E-state index >= 15 is 0 Å². The molecule has 0 fully saturated rings. The number of methoxy groups -OCH3 is 1. The van der Waals surface area contributed by atoms with Gasteiger partial charge < -0.3 is 29.0 Å². The average molecular weight is 588 g/mol. The zero-order chi connectivity index (χ0) is 29.8. The maximum Gasteiger partial charge on any atom is 0.340 e. The van der Waals surface area contributed by atoms with E-state index in [0.717, 1.165) is 41.5 Å². The molecule has 0 radical (unpaired) electrons. The van der Waals surface area contributed by atoms with Crippen molar-refractivity contribution >= 4 is 22.8 Å². The number of esters is 1. The van der Waals surface area contributed by atoms with Crippen molar-refractivity contribution in [1.82, 2.24) is 24.5 Å². The van der Waals surface area contributed by atoms with Gasteiger partial charge >= 0.3 is 11.9 Å². The van der Waals surface area contributed by atoms with Crippen molar-refractivity contribution in [3.8, 4) is 17.1 Å². The molecule has 2 atom stereocenters. The smallest absolute Gasteiger partial charge is 0.340 e. The first kappa shape index (κ1) is 27.2. The SMILES string of the molecule is COc1ccc2nc3c(c(Cn4nnc5c4CCCCCC5OCC(=O)O)c2c1)Cn1c-3cc2c(c1=O)COC(=O)[C@H]2O. The van der Waals surface area contributed by atoms with Crippen LogP contribution >= 0.6 is 0 Å². The number of ether oxygens (including phenoxy) is 3. The third-order valence-electron chi connectivity index (χ3n) is 8.55. The number of carboxylic acids is 1. The van der Waals surface area contributed by atoms with Gasteiger partial charge in [-0.25, -0.2) is 19.3 Å². The first-order valence-corrected chi connectivity index (χ1v) is 14.2. The summed E-state index contributed by atoms with van der Waals surface area (Å²) in [4.78, 5) is 41.8. The van der Waals surface area contributed by atoms with E-state index < -0.39 is 30.8 Å². The summed E-state index contributed by atoms with van der Waals surface area (Å²) < 4.78 is 19.7. The van der Waals surface area contributed by atoms with Gasteiger partial charge in [-0.2, -0.15) is 0 Å². The van der Waals surface area contributed by atoms with Crippen molar-refractivity contribution in [1.29, 1.82) is 0 Å². The van der Waals surface area contributed by atoms with Gasteiger partial charge in [-0.3, -0.25) is 4.79 Å². The second kappa shape index (κ2) is 10.6. The Kier molecular flexibility index (Phi) is 6.70. The molecule has 3 aromatic heterocycles. The van der Waals surface area contributed by atoms with Crippen LogP contribution in [0.1, 0.15) is 71.5 Å². The summed E-state index contributed by atoms with van der Waals surface area (Å²) in [5.41, 5.74) is 5.17. The van der Waals surface area contributed by atoms with Crippen molar-refractivity contribution in [3.63, 3.8) is 0 Å². The number of aliphatic hydroxyl groups is 1. The van der Waals surface area contributed by atoms with Crippen LogP contribution in [0.3, 0.4) is 0 Å². The number of aliphatic carboxylic acids is 1. The molecule has 1 aromatic carbocycles. The molecule has 5 heterocycles. The van der Waals surface area contributed by atoms with E-state index in [0.29, 0.717) is 47.7 Å². The van der Waals surface area contributed by atoms with E-state index in [9.17, 15) is 24.6 Å². The Labute approximate surface area is 244 Å². The van der Waals surface area contributed by atoms with Gasteiger partial charge in [0.15, 0.2) is 6.10 Å². The predicted molar refractivity (Wildman–Crippen MR) is 149 cm³/mol. The third kappa shape index (κ3) is 4.55. The fourth-order valence-corrected chi connectivity index (χ4v) is 6.40. The molecule has 13 heteroatoms. The fourth-order valence-electron chi connectivity index (χ4n) is 6.40. The molecule has 0 spiro atoms. The quantitative estimate of drug-likeness (QED) is 0.280. The minimum absolute atomic E-state index is 0.198. The number of aliphatic hydroxyl groups excluding tert-OH is 1. The molecule has 1 unspecified atom stereocenters. The molecule has 2 aliphatic heterocycles. The number of carbonyl (C=O) groups is 2. The van der Waals surface area contributed by atoms with E-state index in [4.69, 9.17) is 19.2 Å². The fraction of sp³-hybridized carbons (Fsp3) is 0.400. The lowest BCUT2D eigenvalue weighted by Crippen LogP contribution is -2.32. The van der Waals surface area contributed by atoms with Crippen LogP contribution in [0.15, 0.2) is 29.1 Å². The number of carboxylic acid groups (broad SMARTS) is 1. The summed E-state index contributed by atoms with van der Waals surface area (Å²) >= 11 is 0. The summed E-state index contributed by atoms with van der Waals surface area (Å²) in [5, 5.41) is 29.5. The molecule has 222 valence electrons. The molecule has 0 amide bonds. The zero-order valence-electron chi connectivity index (χ0n) is 23.4. The number of nitrogens with zero attached hydrogens (tertiary/aromatic N) is 5. The Morgan fingerprint density at radius 1 is 1.16 bits per heavy atom. The maximum absolute atomic E-state index is 13.6. The van der Waals surface area contributed by atoms with Crippen molar-refractivity contribution in [2.75, 3.05) is 13.7 Å². The minimum Gasteiger partial charge on any atom is -0.497 e. The average Bonchev–Trinajstić information content (AvgIpc) is 3.55. The zero-order valence-corrected chi connectivity index (χ0v) is 23.4. The number of pyridine rings is 2. The standard InChI is InChI=1S/C30H29N5O8/c1-41-15-7-8-21-16(9-15)18(12-35-22-5-3-2-4-6-24(27(22)32-33-35)42-14-25(36)37)19-11-34-23(26(19)31-21)10-17-20(29(34)39)13-43-30(40)28(17)38/h7-10,24,28,38H,2-6,11-14H2,1H3,(H,36,37)/t24?,28-/m0/s1. The van der Waals surface area contributed by atoms with Crippen molar-refractivity contribution in [3.05, 3.63) is 68.3 Å². The molecule has 43 heavy (non-hydrogen) atoms. The van der Waals surface area contributed by atoms with Crippen molar-refractivity contribution in [2.45, 2.75) is 64.0 Å². The van der Waals surface area contributed by atoms with E-state index in [1.54, 1.807) is 17.7 Å². The summed E-state index contributed by atoms with van der Waals surface area (Å²) in [6.07, 6.45) is 2.18. The normalized spacial score (nSPS) is 19.1. The summed E-state index contributed by atoms with van der Waals surface area (Å²) in [6.45, 7) is -0.0648. The molecule has 4 aromatic rings. The van der Waals surface area contributed by atoms with E-state index in [1.165, 1.54) is 0 Å². The largest absolute Gasteiger partial charge is 0.497 e. The third-order valence-corrected chi connectivity index (χ3v) is 8.55. The van der Waals surface area contributed by atoms with Crippen LogP contribution in [0.25, 0.3) is 22.3 Å². The lowest BCUT2D eigenvalue weighted by atomic mass is 9.97. The Hall–Kier alpha value is -4.62. The number of hydrogen-bond donors (Lipinski definition) is 2. The van der Waals surface area contributed by atoms with Gasteiger partial charge in [0.05, 0.1) is 48.4 Å². The van der Waals surface area contributed by atoms with Crippen LogP contribution < -0.4 is 10.3 Å². The number of fused-ring (bicyclic) bond motifs is 6. The van der Waals surface area contributed by atoms with Crippen LogP contribution in [0, 0.1) is 0 Å². The van der Waals surface area contributed by atoms with Gasteiger partial charge in [0.1, 0.15) is 30.8 Å². The predicted octanol–water partition coefficient (Wildman–Crippen LogP) is 2.42. The van der Waals surface area contributed by atoms with Crippen molar-refractivity contribution in [2.24, 2.45) is 0 Å². The summed E-state index contributed by atoms with van der Waals surface area (Å²) in [5.74, 6) is -1.18. The summed E-state index contributed by atoms with van der Waals surface area (Å²) in [7, 11) is 1.59. The molecular formula is C30H29N5O8. The Morgan fingerprint density at radius 2 is 2.02 bits per heavy atom. The molecule has 0 saturated heterocycles. The highest BCUT2D eigenvalue weighted by Crippen LogP contribution is 2.39. The first-order valence-electron chi connectivity index (χ1n) is 14.2. The van der Waals surface area contributed by atoms with Gasteiger partial charge in [-0.1, -0.05) is 18.1 Å². The molecular weight excluding hydrogens is 558 g/mol. The molecule has 13 nitrogen and oxygen atoms in total. The summed E-state index contributed by atoms with van der Waals surface area (Å²) in [6, 6.07) is 7.24. The number of hydrogen-bond acceptors (Lipinski definition) is 10. The monoisotopic (exact) mass is 587 g/mol. The number of aromatic nitrogens is 5. The first-order chi connectivity index (χ1) is 20.8. The van der Waals surface area contributed by atoms with Crippen LogP contribution in [-0.4, -0.2) is 60.4 Å². The molecule has 0 saturated carbocycles. The highest BCUT2D eigenvalue weighted by atomic mass is 16.5. The lowest BCUT2D eigenvalue weighted by Gasteiger charge is -2.21. The number of cyclic esters (lactones) is 1. The van der Waals surface area contributed by atoms with E-state index in [1.807, 2.05) is 22.9 Å². The molecule has 3 aliphatic rings. The minimum atomic E-state index is -1.54. The van der Waals surface area contributed by atoms with Gasteiger partial charge in [-0.15, -0.1) is 5.10 Å².